The Morgan fingerprint density at radius 1 is 1.30 bits per heavy atom. The van der Waals surface area contributed by atoms with Crippen molar-refractivity contribution in [2.24, 2.45) is 11.3 Å². The molecule has 4 rings (SSSR count). The molecule has 2 fully saturated rings. The van der Waals surface area contributed by atoms with Crippen LogP contribution < -0.4 is 5.32 Å². The smallest absolute Gasteiger partial charge is 0.272 e. The first-order valence-corrected chi connectivity index (χ1v) is 9.61. The van der Waals surface area contributed by atoms with Gasteiger partial charge in [0.2, 0.25) is 5.91 Å². The quantitative estimate of drug-likeness (QED) is 0.875. The van der Waals surface area contributed by atoms with Crippen molar-refractivity contribution < 1.29 is 9.59 Å². The minimum absolute atomic E-state index is 0.0248. The van der Waals surface area contributed by atoms with Crippen LogP contribution in [0.5, 0.6) is 0 Å². The molecule has 1 saturated carbocycles. The SMILES string of the molecule is CCn1nccc1C(=O)N1CC(C(=O)NCc2cccnc2)C2(CCC2)C1. The Balaban J connectivity index is 1.46. The molecule has 2 aliphatic rings. The van der Waals surface area contributed by atoms with E-state index in [0.717, 1.165) is 24.8 Å². The van der Waals surface area contributed by atoms with Crippen LogP contribution in [0.2, 0.25) is 0 Å². The lowest BCUT2D eigenvalue weighted by Gasteiger charge is -2.41. The molecule has 1 atom stereocenters. The van der Waals surface area contributed by atoms with Gasteiger partial charge in [0.15, 0.2) is 0 Å². The van der Waals surface area contributed by atoms with Gasteiger partial charge in [-0.3, -0.25) is 19.3 Å². The molecular formula is C20H25N5O2. The molecule has 2 aromatic heterocycles. The predicted octanol–water partition coefficient (Wildman–Crippen LogP) is 1.86. The number of carbonyl (C=O) groups is 2. The lowest BCUT2D eigenvalue weighted by atomic mass is 9.62. The molecule has 1 saturated heterocycles. The van der Waals surface area contributed by atoms with Gasteiger partial charge in [0, 0.05) is 50.2 Å². The molecular weight excluding hydrogens is 342 g/mol. The number of carbonyl (C=O) groups excluding carboxylic acids is 2. The monoisotopic (exact) mass is 367 g/mol. The normalized spacial score (nSPS) is 20.5. The molecule has 0 aromatic carbocycles. The number of hydrogen-bond donors (Lipinski definition) is 1. The van der Waals surface area contributed by atoms with E-state index in [1.54, 1.807) is 29.3 Å². The Morgan fingerprint density at radius 2 is 2.15 bits per heavy atom. The maximum Gasteiger partial charge on any atom is 0.272 e. The number of aromatic nitrogens is 3. The van der Waals surface area contributed by atoms with Gasteiger partial charge in [0.05, 0.1) is 5.92 Å². The number of nitrogens with zero attached hydrogens (tertiary/aromatic N) is 4. The van der Waals surface area contributed by atoms with Gasteiger partial charge >= 0.3 is 0 Å². The first-order chi connectivity index (χ1) is 13.1. The van der Waals surface area contributed by atoms with Crippen molar-refractivity contribution in [2.75, 3.05) is 13.1 Å². The van der Waals surface area contributed by atoms with Gasteiger partial charge in [-0.1, -0.05) is 12.5 Å². The largest absolute Gasteiger partial charge is 0.352 e. The van der Waals surface area contributed by atoms with Crippen LogP contribution in [-0.2, 0) is 17.9 Å². The summed E-state index contributed by atoms with van der Waals surface area (Å²) < 4.78 is 1.71. The first kappa shape index (κ1) is 17.7. The fourth-order valence-electron chi connectivity index (χ4n) is 4.37. The van der Waals surface area contributed by atoms with Gasteiger partial charge in [-0.15, -0.1) is 0 Å². The number of amides is 2. The van der Waals surface area contributed by atoms with Gasteiger partial charge in [-0.25, -0.2) is 0 Å². The van der Waals surface area contributed by atoms with Gasteiger partial charge in [0.1, 0.15) is 5.69 Å². The zero-order valence-corrected chi connectivity index (χ0v) is 15.6. The maximum absolute atomic E-state index is 13.0. The zero-order valence-electron chi connectivity index (χ0n) is 15.6. The summed E-state index contributed by atoms with van der Waals surface area (Å²) in [6, 6.07) is 5.57. The van der Waals surface area contributed by atoms with E-state index < -0.39 is 0 Å². The molecule has 1 N–H and O–H groups in total. The van der Waals surface area contributed by atoms with Crippen LogP contribution in [0.15, 0.2) is 36.8 Å². The summed E-state index contributed by atoms with van der Waals surface area (Å²) in [4.78, 5) is 31.8. The molecule has 1 unspecified atom stereocenters. The summed E-state index contributed by atoms with van der Waals surface area (Å²) >= 11 is 0. The average Bonchev–Trinajstić information content (AvgIpc) is 3.31. The molecule has 0 radical (unpaired) electrons. The average molecular weight is 367 g/mol. The van der Waals surface area contributed by atoms with E-state index in [-0.39, 0.29) is 23.1 Å². The van der Waals surface area contributed by atoms with E-state index in [9.17, 15) is 9.59 Å². The molecule has 1 aliphatic carbocycles. The van der Waals surface area contributed by atoms with Gasteiger partial charge in [-0.05, 0) is 37.5 Å². The second kappa shape index (κ2) is 7.13. The summed E-state index contributed by atoms with van der Waals surface area (Å²) in [5, 5.41) is 7.25. The maximum atomic E-state index is 13.0. The van der Waals surface area contributed by atoms with Gasteiger partial charge < -0.3 is 10.2 Å². The minimum Gasteiger partial charge on any atom is -0.352 e. The van der Waals surface area contributed by atoms with Crippen molar-refractivity contribution in [3.63, 3.8) is 0 Å². The number of rotatable bonds is 5. The summed E-state index contributed by atoms with van der Waals surface area (Å²) in [6.45, 7) is 4.23. The van der Waals surface area contributed by atoms with Crippen LogP contribution in [0.4, 0.5) is 0 Å². The Hall–Kier alpha value is -2.70. The molecule has 2 amide bonds. The molecule has 142 valence electrons. The highest BCUT2D eigenvalue weighted by molar-refractivity contribution is 5.93. The molecule has 27 heavy (non-hydrogen) atoms. The number of likely N-dealkylation sites (tertiary alicyclic amines) is 1. The summed E-state index contributed by atoms with van der Waals surface area (Å²) in [6.07, 6.45) is 8.28. The Morgan fingerprint density at radius 3 is 2.81 bits per heavy atom. The Labute approximate surface area is 158 Å². The van der Waals surface area contributed by atoms with E-state index in [0.29, 0.717) is 31.9 Å². The van der Waals surface area contributed by atoms with E-state index in [2.05, 4.69) is 15.4 Å². The van der Waals surface area contributed by atoms with E-state index >= 15 is 0 Å². The van der Waals surface area contributed by atoms with E-state index in [1.807, 2.05) is 24.0 Å². The standard InChI is InChI=1S/C20H25N5O2/c1-2-25-17(6-10-23-25)19(27)24-13-16(20(14-24)7-4-8-20)18(26)22-12-15-5-3-9-21-11-15/h3,5-6,9-11,16H,2,4,7-8,12-14H2,1H3,(H,22,26). The van der Waals surface area contributed by atoms with Crippen LogP contribution in [0.3, 0.4) is 0 Å². The fourth-order valence-corrected chi connectivity index (χ4v) is 4.37. The van der Waals surface area contributed by atoms with Crippen LogP contribution in [0.1, 0.15) is 42.2 Å². The molecule has 7 nitrogen and oxygen atoms in total. The number of pyridine rings is 1. The summed E-state index contributed by atoms with van der Waals surface area (Å²) in [5.41, 5.74) is 1.51. The highest BCUT2D eigenvalue weighted by atomic mass is 16.2. The highest BCUT2D eigenvalue weighted by Crippen LogP contribution is 2.52. The third kappa shape index (κ3) is 3.22. The Bertz CT molecular complexity index is 828. The molecule has 3 heterocycles. The highest BCUT2D eigenvalue weighted by Gasteiger charge is 2.54. The molecule has 0 bridgehead atoms. The van der Waals surface area contributed by atoms with E-state index in [4.69, 9.17) is 0 Å². The minimum atomic E-state index is -0.148. The fraction of sp³-hybridized carbons (Fsp3) is 0.500. The van der Waals surface area contributed by atoms with Crippen LogP contribution in [0, 0.1) is 11.3 Å². The molecule has 1 aliphatic heterocycles. The predicted molar refractivity (Wildman–Crippen MR) is 99.7 cm³/mol. The topological polar surface area (TPSA) is 80.1 Å². The molecule has 7 heteroatoms. The summed E-state index contributed by atoms with van der Waals surface area (Å²) in [5.74, 6) is -0.133. The van der Waals surface area contributed by atoms with Crippen molar-refractivity contribution >= 4 is 11.8 Å². The lowest BCUT2D eigenvalue weighted by molar-refractivity contribution is -0.129. The Kier molecular flexibility index (Phi) is 4.68. The molecule has 1 spiro atoms. The van der Waals surface area contributed by atoms with Crippen LogP contribution in [-0.4, -0.2) is 44.6 Å². The zero-order chi connectivity index (χ0) is 18.9. The van der Waals surface area contributed by atoms with Gasteiger partial charge in [0.25, 0.3) is 5.91 Å². The van der Waals surface area contributed by atoms with Crippen LogP contribution in [0.25, 0.3) is 0 Å². The van der Waals surface area contributed by atoms with Crippen LogP contribution >= 0.6 is 0 Å². The van der Waals surface area contributed by atoms with Crippen molar-refractivity contribution in [2.45, 2.75) is 39.3 Å². The number of aryl methyl sites for hydroxylation is 1. The van der Waals surface area contributed by atoms with Gasteiger partial charge in [-0.2, -0.15) is 5.10 Å². The van der Waals surface area contributed by atoms with Crippen molar-refractivity contribution in [1.29, 1.82) is 0 Å². The third-order valence-corrected chi connectivity index (χ3v) is 6.03. The second-order valence-electron chi connectivity index (χ2n) is 7.57. The second-order valence-corrected chi connectivity index (χ2v) is 7.57. The van der Waals surface area contributed by atoms with Crippen molar-refractivity contribution in [1.82, 2.24) is 25.0 Å². The first-order valence-electron chi connectivity index (χ1n) is 9.61. The lowest BCUT2D eigenvalue weighted by Crippen LogP contribution is -2.45. The summed E-state index contributed by atoms with van der Waals surface area (Å²) in [7, 11) is 0. The molecule has 2 aromatic rings. The van der Waals surface area contributed by atoms with Crippen molar-refractivity contribution in [3.05, 3.63) is 48.0 Å². The number of nitrogens with one attached hydrogen (secondary N) is 1. The van der Waals surface area contributed by atoms with E-state index in [1.165, 1.54) is 0 Å². The van der Waals surface area contributed by atoms with Crippen molar-refractivity contribution in [3.8, 4) is 0 Å². The third-order valence-electron chi connectivity index (χ3n) is 6.03. The number of hydrogen-bond acceptors (Lipinski definition) is 4.